The Bertz CT molecular complexity index is 328. The predicted octanol–water partition coefficient (Wildman–Crippen LogP) is 2.07. The zero-order chi connectivity index (χ0) is 10.6. The molecule has 0 aromatic heterocycles. The fourth-order valence-corrected chi connectivity index (χ4v) is 1.04. The second-order valence-electron chi connectivity index (χ2n) is 2.93. The molecular formula is C10H11ClFNO. The van der Waals surface area contributed by atoms with Crippen molar-refractivity contribution in [2.75, 3.05) is 0 Å². The lowest BCUT2D eigenvalue weighted by molar-refractivity contribution is -0.120. The molecule has 0 aliphatic heterocycles. The summed E-state index contributed by atoms with van der Waals surface area (Å²) in [5.74, 6) is -0.620. The largest absolute Gasteiger partial charge is 0.351 e. The van der Waals surface area contributed by atoms with Gasteiger partial charge < -0.3 is 5.32 Å². The summed E-state index contributed by atoms with van der Waals surface area (Å²) in [6.07, 6.45) is 0. The molecule has 0 bridgehead atoms. The molecule has 4 heteroatoms. The number of nitrogens with one attached hydrogen (secondary N) is 1. The molecule has 2 nitrogen and oxygen atoms in total. The van der Waals surface area contributed by atoms with Crippen molar-refractivity contribution in [1.82, 2.24) is 5.32 Å². The second kappa shape index (κ2) is 4.96. The summed E-state index contributed by atoms with van der Waals surface area (Å²) in [4.78, 5) is 11.1. The minimum atomic E-state index is -0.596. The molecule has 0 aliphatic carbocycles. The molecule has 0 heterocycles. The number of alkyl halides is 1. The molecule has 0 saturated heterocycles. The predicted molar refractivity (Wildman–Crippen MR) is 53.6 cm³/mol. The van der Waals surface area contributed by atoms with Crippen LogP contribution in [0.5, 0.6) is 0 Å². The minimum absolute atomic E-state index is 0.169. The van der Waals surface area contributed by atoms with E-state index in [1.165, 1.54) is 6.07 Å². The summed E-state index contributed by atoms with van der Waals surface area (Å²) in [5.41, 5.74) is 0.457. The van der Waals surface area contributed by atoms with Crippen molar-refractivity contribution in [2.45, 2.75) is 18.8 Å². The molecule has 0 unspecified atom stereocenters. The van der Waals surface area contributed by atoms with Crippen molar-refractivity contribution >= 4 is 17.5 Å². The molecule has 0 spiro atoms. The van der Waals surface area contributed by atoms with E-state index in [2.05, 4.69) is 5.32 Å². The highest BCUT2D eigenvalue weighted by molar-refractivity contribution is 6.30. The number of carbonyl (C=O) groups is 1. The third-order valence-electron chi connectivity index (χ3n) is 1.77. The Morgan fingerprint density at radius 2 is 2.21 bits per heavy atom. The van der Waals surface area contributed by atoms with E-state index in [1.807, 2.05) is 0 Å². The van der Waals surface area contributed by atoms with Gasteiger partial charge in [0.05, 0.1) is 0 Å². The summed E-state index contributed by atoms with van der Waals surface area (Å²) in [6, 6.07) is 6.29. The molecule has 14 heavy (non-hydrogen) atoms. The van der Waals surface area contributed by atoms with Gasteiger partial charge in [-0.2, -0.15) is 0 Å². The summed E-state index contributed by atoms with van der Waals surface area (Å²) in [7, 11) is 0. The maximum absolute atomic E-state index is 13.1. The van der Waals surface area contributed by atoms with Gasteiger partial charge in [0.1, 0.15) is 11.2 Å². The van der Waals surface area contributed by atoms with Gasteiger partial charge in [-0.15, -0.1) is 11.6 Å². The summed E-state index contributed by atoms with van der Waals surface area (Å²) < 4.78 is 13.1. The number of benzene rings is 1. The molecule has 1 aromatic carbocycles. The van der Waals surface area contributed by atoms with Gasteiger partial charge in [0.25, 0.3) is 0 Å². The van der Waals surface area contributed by atoms with Crippen molar-refractivity contribution < 1.29 is 9.18 Å². The Balaban J connectivity index is 2.54. The van der Waals surface area contributed by atoms with Crippen molar-refractivity contribution in [3.05, 3.63) is 35.6 Å². The Kier molecular flexibility index (Phi) is 3.89. The van der Waals surface area contributed by atoms with Crippen LogP contribution in [0, 0.1) is 5.82 Å². The van der Waals surface area contributed by atoms with Crippen molar-refractivity contribution in [3.63, 3.8) is 0 Å². The van der Waals surface area contributed by atoms with Gasteiger partial charge in [0.15, 0.2) is 0 Å². The third kappa shape index (κ3) is 3.00. The molecule has 1 aromatic rings. The molecule has 1 rings (SSSR count). The van der Waals surface area contributed by atoms with Crippen LogP contribution in [0.25, 0.3) is 0 Å². The van der Waals surface area contributed by atoms with Gasteiger partial charge in [-0.25, -0.2) is 4.39 Å². The quantitative estimate of drug-likeness (QED) is 0.769. The minimum Gasteiger partial charge on any atom is -0.351 e. The summed E-state index contributed by atoms with van der Waals surface area (Å²) in [6.45, 7) is 1.74. The van der Waals surface area contributed by atoms with Crippen molar-refractivity contribution in [2.24, 2.45) is 0 Å². The number of hydrogen-bond donors (Lipinski definition) is 1. The molecule has 0 radical (unpaired) electrons. The van der Waals surface area contributed by atoms with Crippen molar-refractivity contribution in [3.8, 4) is 0 Å². The Labute approximate surface area is 87.1 Å². The highest BCUT2D eigenvalue weighted by Gasteiger charge is 2.08. The smallest absolute Gasteiger partial charge is 0.238 e. The van der Waals surface area contributed by atoms with Crippen LogP contribution < -0.4 is 5.32 Å². The van der Waals surface area contributed by atoms with Crippen LogP contribution in [0.15, 0.2) is 24.3 Å². The van der Waals surface area contributed by atoms with Crippen LogP contribution in [-0.2, 0) is 11.3 Å². The van der Waals surface area contributed by atoms with Crippen LogP contribution in [0.3, 0.4) is 0 Å². The first kappa shape index (κ1) is 11.0. The summed E-state index contributed by atoms with van der Waals surface area (Å²) >= 11 is 5.53. The Morgan fingerprint density at radius 1 is 1.57 bits per heavy atom. The summed E-state index contributed by atoms with van der Waals surface area (Å²) in [5, 5.41) is 1.93. The number of amides is 1. The van der Waals surface area contributed by atoms with Crippen LogP contribution in [0.2, 0.25) is 0 Å². The lowest BCUT2D eigenvalue weighted by Crippen LogP contribution is -2.29. The molecule has 76 valence electrons. The average molecular weight is 216 g/mol. The van der Waals surface area contributed by atoms with E-state index in [9.17, 15) is 9.18 Å². The van der Waals surface area contributed by atoms with Gasteiger partial charge in [-0.05, 0) is 13.0 Å². The SMILES string of the molecule is C[C@H](Cl)C(=O)NCc1ccccc1F. The highest BCUT2D eigenvalue weighted by atomic mass is 35.5. The molecule has 0 saturated carbocycles. The lowest BCUT2D eigenvalue weighted by atomic mass is 10.2. The average Bonchev–Trinajstić information content (AvgIpc) is 2.16. The van der Waals surface area contributed by atoms with Gasteiger partial charge in [-0.3, -0.25) is 4.79 Å². The van der Waals surface area contributed by atoms with E-state index in [0.717, 1.165) is 0 Å². The number of carbonyl (C=O) groups excluding carboxylic acids is 1. The van der Waals surface area contributed by atoms with Crippen LogP contribution >= 0.6 is 11.6 Å². The van der Waals surface area contributed by atoms with Crippen LogP contribution in [-0.4, -0.2) is 11.3 Å². The van der Waals surface area contributed by atoms with Crippen molar-refractivity contribution in [1.29, 1.82) is 0 Å². The zero-order valence-corrected chi connectivity index (χ0v) is 8.51. The van der Waals surface area contributed by atoms with Crippen LogP contribution in [0.4, 0.5) is 4.39 Å². The molecule has 1 atom stereocenters. The number of hydrogen-bond acceptors (Lipinski definition) is 1. The lowest BCUT2D eigenvalue weighted by Gasteiger charge is -2.06. The van der Waals surface area contributed by atoms with Crippen LogP contribution in [0.1, 0.15) is 12.5 Å². The fraction of sp³-hybridized carbons (Fsp3) is 0.300. The highest BCUT2D eigenvalue weighted by Crippen LogP contribution is 2.05. The maximum Gasteiger partial charge on any atom is 0.238 e. The Morgan fingerprint density at radius 3 is 2.79 bits per heavy atom. The molecule has 0 fully saturated rings. The molecule has 1 N–H and O–H groups in total. The zero-order valence-electron chi connectivity index (χ0n) is 7.76. The van der Waals surface area contributed by atoms with E-state index in [0.29, 0.717) is 5.56 Å². The van der Waals surface area contributed by atoms with Gasteiger partial charge in [0, 0.05) is 12.1 Å². The monoisotopic (exact) mass is 215 g/mol. The van der Waals surface area contributed by atoms with E-state index in [1.54, 1.807) is 25.1 Å². The number of halogens is 2. The van der Waals surface area contributed by atoms with Gasteiger partial charge in [0.2, 0.25) is 5.91 Å². The normalized spacial score (nSPS) is 12.2. The molecular weight excluding hydrogens is 205 g/mol. The van der Waals surface area contributed by atoms with E-state index < -0.39 is 5.38 Å². The number of rotatable bonds is 3. The first-order valence-electron chi connectivity index (χ1n) is 4.26. The standard InChI is InChI=1S/C10H11ClFNO/c1-7(11)10(14)13-6-8-4-2-3-5-9(8)12/h2-5,7H,6H2,1H3,(H,13,14)/t7-/m0/s1. The van der Waals surface area contributed by atoms with E-state index >= 15 is 0 Å². The van der Waals surface area contributed by atoms with E-state index in [4.69, 9.17) is 11.6 Å². The molecule has 0 aliphatic rings. The topological polar surface area (TPSA) is 29.1 Å². The van der Waals surface area contributed by atoms with Gasteiger partial charge >= 0.3 is 0 Å². The fourth-order valence-electron chi connectivity index (χ4n) is 0.965. The third-order valence-corrected chi connectivity index (χ3v) is 1.97. The van der Waals surface area contributed by atoms with Gasteiger partial charge in [-0.1, -0.05) is 18.2 Å². The maximum atomic E-state index is 13.1. The molecule has 1 amide bonds. The Hall–Kier alpha value is -1.09. The van der Waals surface area contributed by atoms with E-state index in [-0.39, 0.29) is 18.3 Å². The second-order valence-corrected chi connectivity index (χ2v) is 3.58. The first-order valence-corrected chi connectivity index (χ1v) is 4.70. The first-order chi connectivity index (χ1) is 6.61.